The Morgan fingerprint density at radius 2 is 1.96 bits per heavy atom. The zero-order chi connectivity index (χ0) is 17.9. The highest BCUT2D eigenvalue weighted by Crippen LogP contribution is 2.28. The largest absolute Gasteiger partial charge is 0.358 e. The Labute approximate surface area is 146 Å². The number of rotatable bonds is 5. The lowest BCUT2D eigenvalue weighted by atomic mass is 10.2. The maximum absolute atomic E-state index is 12.2. The van der Waals surface area contributed by atoms with Crippen molar-refractivity contribution in [1.29, 1.82) is 5.26 Å². The Bertz CT molecular complexity index is 743. The van der Waals surface area contributed by atoms with Crippen molar-refractivity contribution >= 4 is 32.5 Å². The molecule has 8 nitrogen and oxygen atoms in total. The SMILES string of the molecule is Cc1nsc(N2CCN(C(=O)CCS(=O)(=O)N(C)C)CC2)c1C#N. The van der Waals surface area contributed by atoms with E-state index in [9.17, 15) is 18.5 Å². The first-order chi connectivity index (χ1) is 11.3. The number of amides is 1. The highest BCUT2D eigenvalue weighted by atomic mass is 32.2. The fourth-order valence-corrected chi connectivity index (χ4v) is 4.11. The highest BCUT2D eigenvalue weighted by molar-refractivity contribution is 7.89. The summed E-state index contributed by atoms with van der Waals surface area (Å²) in [7, 11) is -0.438. The normalized spacial score (nSPS) is 15.6. The molecule has 0 aliphatic carbocycles. The van der Waals surface area contributed by atoms with E-state index in [1.54, 1.807) is 4.90 Å². The summed E-state index contributed by atoms with van der Waals surface area (Å²) in [5.41, 5.74) is 1.32. The lowest BCUT2D eigenvalue weighted by molar-refractivity contribution is -0.131. The molecule has 1 aromatic heterocycles. The van der Waals surface area contributed by atoms with Gasteiger partial charge in [-0.2, -0.15) is 9.64 Å². The van der Waals surface area contributed by atoms with Gasteiger partial charge in [0.2, 0.25) is 15.9 Å². The van der Waals surface area contributed by atoms with Crippen molar-refractivity contribution in [2.75, 3.05) is 50.9 Å². The third-order valence-corrected chi connectivity index (χ3v) is 6.84. The van der Waals surface area contributed by atoms with E-state index < -0.39 is 10.0 Å². The monoisotopic (exact) mass is 371 g/mol. The van der Waals surface area contributed by atoms with Crippen LogP contribution in [0.1, 0.15) is 17.7 Å². The van der Waals surface area contributed by atoms with Crippen LogP contribution in [-0.2, 0) is 14.8 Å². The second kappa shape index (κ2) is 7.46. The molecule has 0 radical (unpaired) electrons. The summed E-state index contributed by atoms with van der Waals surface area (Å²) in [6, 6.07) is 2.18. The van der Waals surface area contributed by atoms with Crippen LogP contribution in [0.2, 0.25) is 0 Å². The van der Waals surface area contributed by atoms with Crippen LogP contribution in [0.3, 0.4) is 0 Å². The molecule has 10 heteroatoms. The summed E-state index contributed by atoms with van der Waals surface area (Å²) in [6.45, 7) is 4.07. The molecule has 0 aromatic carbocycles. The van der Waals surface area contributed by atoms with E-state index in [1.165, 1.54) is 25.6 Å². The van der Waals surface area contributed by atoms with Gasteiger partial charge >= 0.3 is 0 Å². The molecule has 0 saturated carbocycles. The van der Waals surface area contributed by atoms with Crippen LogP contribution in [-0.4, -0.2) is 73.9 Å². The number of aryl methyl sites for hydroxylation is 1. The summed E-state index contributed by atoms with van der Waals surface area (Å²) in [4.78, 5) is 15.9. The van der Waals surface area contributed by atoms with E-state index in [0.29, 0.717) is 31.7 Å². The molecule has 0 bridgehead atoms. The van der Waals surface area contributed by atoms with Crippen LogP contribution >= 0.6 is 11.5 Å². The predicted molar refractivity (Wildman–Crippen MR) is 92.4 cm³/mol. The van der Waals surface area contributed by atoms with Crippen LogP contribution in [0.25, 0.3) is 0 Å². The molecule has 132 valence electrons. The smallest absolute Gasteiger partial charge is 0.223 e. The number of hydrogen-bond acceptors (Lipinski definition) is 7. The Kier molecular flexibility index (Phi) is 5.79. The minimum Gasteiger partial charge on any atom is -0.358 e. The van der Waals surface area contributed by atoms with E-state index in [-0.39, 0.29) is 18.1 Å². The minimum atomic E-state index is -3.36. The molecule has 1 fully saturated rings. The molecule has 24 heavy (non-hydrogen) atoms. The third kappa shape index (κ3) is 4.03. The van der Waals surface area contributed by atoms with Crippen LogP contribution in [0.4, 0.5) is 5.00 Å². The van der Waals surface area contributed by atoms with E-state index in [1.807, 2.05) is 6.92 Å². The van der Waals surface area contributed by atoms with Crippen LogP contribution in [0, 0.1) is 18.3 Å². The van der Waals surface area contributed by atoms with Gasteiger partial charge in [-0.25, -0.2) is 12.7 Å². The second-order valence-corrected chi connectivity index (χ2v) is 8.83. The molecule has 1 aliphatic heterocycles. The van der Waals surface area contributed by atoms with Gasteiger partial charge in [0.15, 0.2) is 0 Å². The summed E-state index contributed by atoms with van der Waals surface area (Å²) >= 11 is 1.30. The molecule has 0 atom stereocenters. The molecular weight excluding hydrogens is 350 g/mol. The van der Waals surface area contributed by atoms with Crippen molar-refractivity contribution in [2.24, 2.45) is 0 Å². The van der Waals surface area contributed by atoms with Gasteiger partial charge in [-0.3, -0.25) is 4.79 Å². The number of piperazine rings is 1. The number of carbonyl (C=O) groups is 1. The zero-order valence-electron chi connectivity index (χ0n) is 14.0. The Morgan fingerprint density at radius 1 is 1.33 bits per heavy atom. The average Bonchev–Trinajstić information content (AvgIpc) is 2.93. The van der Waals surface area contributed by atoms with Crippen molar-refractivity contribution < 1.29 is 13.2 Å². The predicted octanol–water partition coefficient (Wildman–Crippen LogP) is 0.253. The van der Waals surface area contributed by atoms with Gasteiger partial charge in [-0.15, -0.1) is 0 Å². The lowest BCUT2D eigenvalue weighted by Crippen LogP contribution is -2.49. The number of nitrogens with zero attached hydrogens (tertiary/aromatic N) is 5. The van der Waals surface area contributed by atoms with Crippen molar-refractivity contribution in [1.82, 2.24) is 13.6 Å². The van der Waals surface area contributed by atoms with Crippen LogP contribution < -0.4 is 4.90 Å². The molecule has 1 amide bonds. The second-order valence-electron chi connectivity index (χ2n) is 5.78. The average molecular weight is 371 g/mol. The van der Waals surface area contributed by atoms with Crippen molar-refractivity contribution in [3.05, 3.63) is 11.3 Å². The zero-order valence-corrected chi connectivity index (χ0v) is 15.7. The molecule has 1 saturated heterocycles. The Balaban J connectivity index is 1.91. The standard InChI is InChI=1S/C14H21N5O3S2/c1-11-12(10-15)14(23-16-11)19-7-5-18(6-8-19)13(20)4-9-24(21,22)17(2)3/h4-9H2,1-3H3. The van der Waals surface area contributed by atoms with E-state index in [4.69, 9.17) is 0 Å². The number of anilines is 1. The molecule has 1 aromatic rings. The minimum absolute atomic E-state index is 0.0103. The topological polar surface area (TPSA) is 97.6 Å². The van der Waals surface area contributed by atoms with Gasteiger partial charge in [0.1, 0.15) is 16.6 Å². The van der Waals surface area contributed by atoms with Gasteiger partial charge in [0.05, 0.1) is 11.4 Å². The van der Waals surface area contributed by atoms with Crippen LogP contribution in [0.5, 0.6) is 0 Å². The maximum atomic E-state index is 12.2. The summed E-state index contributed by atoms with van der Waals surface area (Å²) in [5.74, 6) is -0.327. The number of sulfonamides is 1. The number of aromatic nitrogens is 1. The molecule has 0 N–H and O–H groups in total. The van der Waals surface area contributed by atoms with Crippen molar-refractivity contribution in [3.63, 3.8) is 0 Å². The first-order valence-electron chi connectivity index (χ1n) is 7.55. The molecule has 0 spiro atoms. The highest BCUT2D eigenvalue weighted by Gasteiger charge is 2.26. The Morgan fingerprint density at radius 3 is 2.50 bits per heavy atom. The molecular formula is C14H21N5O3S2. The van der Waals surface area contributed by atoms with E-state index >= 15 is 0 Å². The van der Waals surface area contributed by atoms with Gasteiger partial charge in [0.25, 0.3) is 0 Å². The fourth-order valence-electron chi connectivity index (χ4n) is 2.42. The van der Waals surface area contributed by atoms with E-state index in [2.05, 4.69) is 15.3 Å². The number of carbonyl (C=O) groups excluding carboxylic acids is 1. The summed E-state index contributed by atoms with van der Waals surface area (Å²) in [6.07, 6.45) is -0.0103. The molecule has 2 rings (SSSR count). The lowest BCUT2D eigenvalue weighted by Gasteiger charge is -2.35. The van der Waals surface area contributed by atoms with Gasteiger partial charge in [-0.05, 0) is 18.5 Å². The number of hydrogen-bond donors (Lipinski definition) is 0. The fraction of sp³-hybridized carbons (Fsp3) is 0.643. The molecule has 0 unspecified atom stereocenters. The molecule has 2 heterocycles. The van der Waals surface area contributed by atoms with Gasteiger partial charge in [-0.1, -0.05) is 0 Å². The number of nitriles is 1. The third-order valence-electron chi connectivity index (χ3n) is 4.01. The van der Waals surface area contributed by atoms with E-state index in [0.717, 1.165) is 15.0 Å². The Hall–Kier alpha value is -1.70. The van der Waals surface area contributed by atoms with Gasteiger partial charge in [0, 0.05) is 46.7 Å². The van der Waals surface area contributed by atoms with Crippen LogP contribution in [0.15, 0.2) is 0 Å². The van der Waals surface area contributed by atoms with Crippen molar-refractivity contribution in [2.45, 2.75) is 13.3 Å². The quantitative estimate of drug-likeness (QED) is 0.736. The summed E-state index contributed by atoms with van der Waals surface area (Å²) in [5, 5.41) is 10.1. The maximum Gasteiger partial charge on any atom is 0.223 e. The first-order valence-corrected chi connectivity index (χ1v) is 9.94. The first kappa shape index (κ1) is 18.6. The van der Waals surface area contributed by atoms with Crippen molar-refractivity contribution in [3.8, 4) is 6.07 Å². The molecule has 1 aliphatic rings. The summed E-state index contributed by atoms with van der Waals surface area (Å²) < 4.78 is 28.8. The van der Waals surface area contributed by atoms with Gasteiger partial charge < -0.3 is 9.80 Å².